The molecule has 118 valence electrons. The smallest absolute Gasteiger partial charge is 0.203 e. The molecule has 3 rings (SSSR count). The summed E-state index contributed by atoms with van der Waals surface area (Å²) in [5, 5.41) is 9.39. The van der Waals surface area contributed by atoms with Gasteiger partial charge in [-0.15, -0.1) is 0 Å². The van der Waals surface area contributed by atoms with Gasteiger partial charge in [0.2, 0.25) is 5.43 Å². The Morgan fingerprint density at radius 3 is 2.83 bits per heavy atom. The molecule has 1 unspecified atom stereocenters. The first-order valence-corrected chi connectivity index (χ1v) is 7.84. The minimum absolute atomic E-state index is 0.0865. The second kappa shape index (κ2) is 6.38. The van der Waals surface area contributed by atoms with Crippen molar-refractivity contribution in [1.82, 2.24) is 19.6 Å². The minimum atomic E-state index is -0.144. The van der Waals surface area contributed by atoms with E-state index in [4.69, 9.17) is 11.6 Å². The van der Waals surface area contributed by atoms with Crippen molar-refractivity contribution in [2.45, 2.75) is 26.3 Å². The van der Waals surface area contributed by atoms with Gasteiger partial charge in [0.15, 0.2) is 0 Å². The van der Waals surface area contributed by atoms with Crippen LogP contribution in [0.1, 0.15) is 31.0 Å². The summed E-state index contributed by atoms with van der Waals surface area (Å²) in [5.74, 6) is -0.144. The molecule has 0 saturated carbocycles. The highest BCUT2D eigenvalue weighted by atomic mass is 35.5. The zero-order valence-electron chi connectivity index (χ0n) is 13.0. The van der Waals surface area contributed by atoms with Crippen molar-refractivity contribution in [3.05, 3.63) is 75.4 Å². The lowest BCUT2D eigenvalue weighted by Crippen LogP contribution is -2.18. The van der Waals surface area contributed by atoms with Gasteiger partial charge in [-0.05, 0) is 24.6 Å². The van der Waals surface area contributed by atoms with E-state index < -0.39 is 0 Å². The molecule has 5 nitrogen and oxygen atoms in total. The first-order valence-electron chi connectivity index (χ1n) is 7.46. The van der Waals surface area contributed by atoms with Crippen LogP contribution in [0, 0.1) is 0 Å². The SMILES string of the molecule is CCn1cc(-n2ccc(=O)c(C(C)c3cccc(Cl)c3)n2)cn1. The molecule has 0 spiro atoms. The maximum Gasteiger partial charge on any atom is 0.203 e. The molecule has 0 radical (unpaired) electrons. The lowest BCUT2D eigenvalue weighted by Gasteiger charge is -2.12. The van der Waals surface area contributed by atoms with Crippen LogP contribution in [0.15, 0.2) is 53.7 Å². The predicted molar refractivity (Wildman–Crippen MR) is 90.3 cm³/mol. The Balaban J connectivity index is 2.02. The molecule has 0 aliphatic carbocycles. The van der Waals surface area contributed by atoms with Crippen LogP contribution in [0.25, 0.3) is 5.69 Å². The molecule has 0 bridgehead atoms. The average Bonchev–Trinajstić information content (AvgIpc) is 3.04. The highest BCUT2D eigenvalue weighted by Gasteiger charge is 2.15. The lowest BCUT2D eigenvalue weighted by atomic mass is 9.97. The van der Waals surface area contributed by atoms with Gasteiger partial charge in [-0.2, -0.15) is 10.2 Å². The number of hydrogen-bond donors (Lipinski definition) is 0. The van der Waals surface area contributed by atoms with Gasteiger partial charge < -0.3 is 0 Å². The lowest BCUT2D eigenvalue weighted by molar-refractivity contribution is 0.658. The topological polar surface area (TPSA) is 52.7 Å². The van der Waals surface area contributed by atoms with Crippen LogP contribution in [-0.4, -0.2) is 19.6 Å². The fourth-order valence-corrected chi connectivity index (χ4v) is 2.64. The van der Waals surface area contributed by atoms with Crippen LogP contribution >= 0.6 is 11.6 Å². The number of halogens is 1. The van der Waals surface area contributed by atoms with E-state index in [-0.39, 0.29) is 11.3 Å². The summed E-state index contributed by atoms with van der Waals surface area (Å²) in [7, 11) is 0. The van der Waals surface area contributed by atoms with E-state index in [1.807, 2.05) is 49.0 Å². The van der Waals surface area contributed by atoms with Crippen molar-refractivity contribution < 1.29 is 0 Å². The molecule has 0 fully saturated rings. The summed E-state index contributed by atoms with van der Waals surface area (Å²) < 4.78 is 3.49. The van der Waals surface area contributed by atoms with Gasteiger partial charge in [0.1, 0.15) is 11.4 Å². The van der Waals surface area contributed by atoms with E-state index in [1.54, 1.807) is 17.1 Å². The van der Waals surface area contributed by atoms with Crippen LogP contribution < -0.4 is 5.43 Å². The molecular formula is C17H17ClN4O. The van der Waals surface area contributed by atoms with Crippen LogP contribution in [0.5, 0.6) is 0 Å². The van der Waals surface area contributed by atoms with E-state index in [0.717, 1.165) is 17.8 Å². The third kappa shape index (κ3) is 3.19. The predicted octanol–water partition coefficient (Wildman–Crippen LogP) is 3.25. The summed E-state index contributed by atoms with van der Waals surface area (Å²) in [5.41, 5.74) is 2.19. The van der Waals surface area contributed by atoms with Crippen molar-refractivity contribution in [3.63, 3.8) is 0 Å². The van der Waals surface area contributed by atoms with Crippen molar-refractivity contribution in [2.75, 3.05) is 0 Å². The maximum absolute atomic E-state index is 12.2. The molecule has 2 heterocycles. The van der Waals surface area contributed by atoms with E-state index in [0.29, 0.717) is 10.7 Å². The third-order valence-electron chi connectivity index (χ3n) is 3.80. The Morgan fingerprint density at radius 1 is 1.30 bits per heavy atom. The zero-order valence-corrected chi connectivity index (χ0v) is 13.7. The minimum Gasteiger partial charge on any atom is -0.288 e. The normalized spacial score (nSPS) is 12.3. The Labute approximate surface area is 139 Å². The fourth-order valence-electron chi connectivity index (χ4n) is 2.44. The van der Waals surface area contributed by atoms with Crippen molar-refractivity contribution in [1.29, 1.82) is 0 Å². The third-order valence-corrected chi connectivity index (χ3v) is 4.04. The van der Waals surface area contributed by atoms with Crippen LogP contribution in [0.2, 0.25) is 5.02 Å². The molecule has 0 aliphatic heterocycles. The molecule has 0 N–H and O–H groups in total. The molecule has 23 heavy (non-hydrogen) atoms. The highest BCUT2D eigenvalue weighted by molar-refractivity contribution is 6.30. The van der Waals surface area contributed by atoms with E-state index in [9.17, 15) is 4.79 Å². The second-order valence-corrected chi connectivity index (χ2v) is 5.78. The van der Waals surface area contributed by atoms with Crippen LogP contribution in [0.3, 0.4) is 0 Å². The number of nitrogens with zero attached hydrogens (tertiary/aromatic N) is 4. The van der Waals surface area contributed by atoms with Gasteiger partial charge in [-0.1, -0.05) is 30.7 Å². The van der Waals surface area contributed by atoms with Gasteiger partial charge in [-0.3, -0.25) is 9.48 Å². The number of aromatic nitrogens is 4. The van der Waals surface area contributed by atoms with Gasteiger partial charge in [0, 0.05) is 29.7 Å². The van der Waals surface area contributed by atoms with Crippen LogP contribution in [0.4, 0.5) is 0 Å². The zero-order chi connectivity index (χ0) is 16.4. The summed E-state index contributed by atoms with van der Waals surface area (Å²) in [6, 6.07) is 9.03. The molecular weight excluding hydrogens is 312 g/mol. The van der Waals surface area contributed by atoms with Gasteiger partial charge in [0.05, 0.1) is 12.4 Å². The molecule has 1 aromatic carbocycles. The summed E-state index contributed by atoms with van der Waals surface area (Å²) in [6.07, 6.45) is 5.29. The maximum atomic E-state index is 12.2. The van der Waals surface area contributed by atoms with E-state index in [2.05, 4.69) is 10.2 Å². The first kappa shape index (κ1) is 15.5. The Bertz CT molecular complexity index is 884. The fraction of sp³-hybridized carbons (Fsp3) is 0.235. The molecule has 1 atom stereocenters. The number of rotatable bonds is 4. The molecule has 6 heteroatoms. The standard InChI is InChI=1S/C17H17ClN4O/c1-3-21-11-15(10-19-21)22-8-7-16(23)17(20-22)12(2)13-5-4-6-14(18)9-13/h4-12H,3H2,1-2H3. The van der Waals surface area contributed by atoms with Gasteiger partial charge in [0.25, 0.3) is 0 Å². The second-order valence-electron chi connectivity index (χ2n) is 5.34. The summed E-state index contributed by atoms with van der Waals surface area (Å²) in [4.78, 5) is 12.2. The monoisotopic (exact) mass is 328 g/mol. The van der Waals surface area contributed by atoms with Crippen LogP contribution in [-0.2, 0) is 6.54 Å². The number of hydrogen-bond acceptors (Lipinski definition) is 3. The summed E-state index contributed by atoms with van der Waals surface area (Å²) >= 11 is 6.05. The molecule has 0 saturated heterocycles. The quantitative estimate of drug-likeness (QED) is 0.738. The molecule has 0 amide bonds. The van der Waals surface area contributed by atoms with Crippen molar-refractivity contribution >= 4 is 11.6 Å². The number of benzene rings is 1. The number of aryl methyl sites for hydroxylation is 1. The molecule has 2 aromatic heterocycles. The Morgan fingerprint density at radius 2 is 2.13 bits per heavy atom. The summed E-state index contributed by atoms with van der Waals surface area (Å²) in [6.45, 7) is 4.75. The average molecular weight is 329 g/mol. The Kier molecular flexibility index (Phi) is 4.30. The first-order chi connectivity index (χ1) is 11.1. The highest BCUT2D eigenvalue weighted by Crippen LogP contribution is 2.23. The van der Waals surface area contributed by atoms with E-state index in [1.165, 1.54) is 6.07 Å². The van der Waals surface area contributed by atoms with Gasteiger partial charge in [-0.25, -0.2) is 4.68 Å². The largest absolute Gasteiger partial charge is 0.288 e. The molecule has 0 aliphatic rings. The van der Waals surface area contributed by atoms with Crippen molar-refractivity contribution in [2.24, 2.45) is 0 Å². The molecule has 3 aromatic rings. The van der Waals surface area contributed by atoms with Gasteiger partial charge >= 0.3 is 0 Å². The van der Waals surface area contributed by atoms with E-state index >= 15 is 0 Å². The Hall–Kier alpha value is -2.40. The van der Waals surface area contributed by atoms with Crippen molar-refractivity contribution in [3.8, 4) is 5.69 Å².